The van der Waals surface area contributed by atoms with Crippen LogP contribution in [0, 0.1) is 0 Å². The summed E-state index contributed by atoms with van der Waals surface area (Å²) in [6, 6.07) is 4.76. The fraction of sp³-hybridized carbons (Fsp3) is 0.250. The number of nitrogens with zero attached hydrogens (tertiary/aromatic N) is 3. The van der Waals surface area contributed by atoms with Gasteiger partial charge in [0.05, 0.1) is 20.7 Å². The number of halogens is 2. The van der Waals surface area contributed by atoms with Crippen molar-refractivity contribution < 1.29 is 4.21 Å². The molecule has 1 aromatic carbocycles. The van der Waals surface area contributed by atoms with Gasteiger partial charge in [0, 0.05) is 22.2 Å². The highest BCUT2D eigenvalue weighted by Crippen LogP contribution is 2.23. The number of hydrogen-bond acceptors (Lipinski definition) is 2. The van der Waals surface area contributed by atoms with Crippen molar-refractivity contribution in [3.63, 3.8) is 0 Å². The lowest BCUT2D eigenvalue weighted by molar-refractivity contribution is 0.682. The molecule has 0 bridgehead atoms. The molecular weight excluding hydrogens is 257 g/mol. The van der Waals surface area contributed by atoms with Crippen LogP contribution in [0.2, 0.25) is 10.0 Å². The van der Waals surface area contributed by atoms with Crippen LogP contribution in [0.3, 0.4) is 0 Å². The molecule has 0 aliphatic carbocycles. The molecule has 1 rings (SSSR count). The van der Waals surface area contributed by atoms with Crippen molar-refractivity contribution in [1.29, 1.82) is 0 Å². The predicted molar refractivity (Wildman–Crippen MR) is 61.8 cm³/mol. The Morgan fingerprint density at radius 3 is 2.87 bits per heavy atom. The summed E-state index contributed by atoms with van der Waals surface area (Å²) in [5, 5.41) is 4.18. The Hall–Kier alpha value is -0.740. The smallest absolute Gasteiger partial charge is 0.0589 e. The fourth-order valence-electron chi connectivity index (χ4n) is 0.930. The maximum Gasteiger partial charge on any atom is 0.0589 e. The van der Waals surface area contributed by atoms with E-state index in [4.69, 9.17) is 28.7 Å². The van der Waals surface area contributed by atoms with Gasteiger partial charge in [-0.1, -0.05) is 28.3 Å². The van der Waals surface area contributed by atoms with Crippen molar-refractivity contribution in [3.05, 3.63) is 38.7 Å². The molecule has 15 heavy (non-hydrogen) atoms. The van der Waals surface area contributed by atoms with Crippen LogP contribution >= 0.6 is 23.2 Å². The Morgan fingerprint density at radius 1 is 1.47 bits per heavy atom. The van der Waals surface area contributed by atoms with Crippen LogP contribution in [-0.2, 0) is 10.8 Å². The molecule has 0 aliphatic heterocycles. The minimum absolute atomic E-state index is 0.173. The predicted octanol–water partition coefficient (Wildman–Crippen LogP) is 3.41. The van der Waals surface area contributed by atoms with Crippen LogP contribution < -0.4 is 0 Å². The normalized spacial score (nSPS) is 11.9. The first kappa shape index (κ1) is 12.3. The van der Waals surface area contributed by atoms with E-state index in [9.17, 15) is 4.21 Å². The van der Waals surface area contributed by atoms with E-state index in [0.717, 1.165) is 0 Å². The first-order valence-corrected chi connectivity index (χ1v) is 6.07. The number of hydrogen-bond donors (Lipinski definition) is 0. The Kier molecular flexibility index (Phi) is 4.91. The molecule has 1 unspecified atom stereocenters. The van der Waals surface area contributed by atoms with Crippen LogP contribution in [0.1, 0.15) is 0 Å². The molecule has 0 spiro atoms. The zero-order chi connectivity index (χ0) is 11.3. The highest BCUT2D eigenvalue weighted by Gasteiger charge is 2.08. The van der Waals surface area contributed by atoms with Crippen molar-refractivity contribution in [2.45, 2.75) is 4.90 Å². The summed E-state index contributed by atoms with van der Waals surface area (Å²) in [5.74, 6) is 0.240. The van der Waals surface area contributed by atoms with Crippen molar-refractivity contribution in [3.8, 4) is 0 Å². The van der Waals surface area contributed by atoms with Gasteiger partial charge in [-0.3, -0.25) is 4.21 Å². The molecule has 0 aromatic heterocycles. The first-order valence-electron chi connectivity index (χ1n) is 3.99. The van der Waals surface area contributed by atoms with Gasteiger partial charge in [0.2, 0.25) is 0 Å². The average molecular weight is 264 g/mol. The van der Waals surface area contributed by atoms with E-state index in [-0.39, 0.29) is 12.3 Å². The summed E-state index contributed by atoms with van der Waals surface area (Å²) in [6.07, 6.45) is 0. The Labute approximate surface area is 99.3 Å². The molecule has 0 amide bonds. The molecule has 0 saturated heterocycles. The Balaban J connectivity index is 2.81. The third-order valence-corrected chi connectivity index (χ3v) is 3.64. The van der Waals surface area contributed by atoms with E-state index < -0.39 is 10.8 Å². The maximum absolute atomic E-state index is 11.7. The van der Waals surface area contributed by atoms with Crippen LogP contribution in [-0.4, -0.2) is 16.5 Å². The minimum Gasteiger partial charge on any atom is -0.254 e. The third-order valence-electron chi connectivity index (χ3n) is 1.58. The summed E-state index contributed by atoms with van der Waals surface area (Å²) in [5.41, 5.74) is 8.06. The van der Waals surface area contributed by atoms with Gasteiger partial charge >= 0.3 is 0 Å². The molecule has 0 aliphatic rings. The molecule has 1 aromatic rings. The van der Waals surface area contributed by atoms with Gasteiger partial charge in [0.1, 0.15) is 0 Å². The molecular formula is C8H7Cl2N3OS. The topological polar surface area (TPSA) is 65.8 Å². The van der Waals surface area contributed by atoms with Crippen LogP contribution in [0.4, 0.5) is 0 Å². The SMILES string of the molecule is [N-]=[N+]=NCCS(=O)c1cc(Cl)ccc1Cl. The lowest BCUT2D eigenvalue weighted by Gasteiger charge is -2.03. The molecule has 0 saturated carbocycles. The molecule has 0 heterocycles. The van der Waals surface area contributed by atoms with Crippen molar-refractivity contribution in [2.75, 3.05) is 12.3 Å². The standard InChI is InChI=1S/C8H7Cl2N3OS/c9-6-1-2-7(10)8(5-6)15(14)4-3-12-13-11/h1-2,5H,3-4H2. The lowest BCUT2D eigenvalue weighted by Crippen LogP contribution is -2.01. The summed E-state index contributed by atoms with van der Waals surface area (Å²) in [6.45, 7) is 0.173. The maximum atomic E-state index is 11.7. The van der Waals surface area contributed by atoms with Gasteiger partial charge in [0.15, 0.2) is 0 Å². The first-order chi connectivity index (χ1) is 7.15. The molecule has 7 heteroatoms. The van der Waals surface area contributed by atoms with E-state index in [1.807, 2.05) is 0 Å². The zero-order valence-corrected chi connectivity index (χ0v) is 9.89. The third kappa shape index (κ3) is 3.72. The number of azide groups is 1. The van der Waals surface area contributed by atoms with Gasteiger partial charge in [-0.15, -0.1) is 0 Å². The monoisotopic (exact) mass is 263 g/mol. The number of benzene rings is 1. The van der Waals surface area contributed by atoms with Crippen molar-refractivity contribution >= 4 is 34.0 Å². The quantitative estimate of drug-likeness (QED) is 0.466. The van der Waals surface area contributed by atoms with E-state index in [2.05, 4.69) is 10.0 Å². The summed E-state index contributed by atoms with van der Waals surface area (Å²) in [7, 11) is -1.29. The van der Waals surface area contributed by atoms with E-state index in [0.29, 0.717) is 14.9 Å². The molecule has 0 fully saturated rings. The fourth-order valence-corrected chi connectivity index (χ4v) is 2.55. The second kappa shape index (κ2) is 5.98. The van der Waals surface area contributed by atoms with Gasteiger partial charge in [0.25, 0.3) is 0 Å². The second-order valence-corrected chi connectivity index (χ2v) is 4.96. The van der Waals surface area contributed by atoms with E-state index in [1.165, 1.54) is 0 Å². The Bertz CT molecular complexity index is 432. The molecule has 0 radical (unpaired) electrons. The highest BCUT2D eigenvalue weighted by atomic mass is 35.5. The van der Waals surface area contributed by atoms with Crippen LogP contribution in [0.25, 0.3) is 10.4 Å². The molecule has 4 nitrogen and oxygen atoms in total. The van der Waals surface area contributed by atoms with Gasteiger partial charge in [-0.2, -0.15) is 0 Å². The largest absolute Gasteiger partial charge is 0.254 e. The molecule has 0 N–H and O–H groups in total. The van der Waals surface area contributed by atoms with Gasteiger partial charge < -0.3 is 0 Å². The molecule has 80 valence electrons. The van der Waals surface area contributed by atoms with Crippen LogP contribution in [0.5, 0.6) is 0 Å². The van der Waals surface area contributed by atoms with Crippen molar-refractivity contribution in [1.82, 2.24) is 0 Å². The van der Waals surface area contributed by atoms with Crippen LogP contribution in [0.15, 0.2) is 28.2 Å². The number of rotatable bonds is 4. The minimum atomic E-state index is -1.29. The van der Waals surface area contributed by atoms with Crippen molar-refractivity contribution in [2.24, 2.45) is 5.11 Å². The average Bonchev–Trinajstić information content (AvgIpc) is 2.22. The zero-order valence-electron chi connectivity index (χ0n) is 7.56. The van der Waals surface area contributed by atoms with Gasteiger partial charge in [-0.05, 0) is 23.7 Å². The highest BCUT2D eigenvalue weighted by molar-refractivity contribution is 7.85. The second-order valence-electron chi connectivity index (χ2n) is 2.58. The summed E-state index contributed by atoms with van der Waals surface area (Å²) in [4.78, 5) is 3.04. The van der Waals surface area contributed by atoms with Gasteiger partial charge in [-0.25, -0.2) is 0 Å². The van der Waals surface area contributed by atoms with E-state index in [1.54, 1.807) is 18.2 Å². The summed E-state index contributed by atoms with van der Waals surface area (Å²) >= 11 is 11.6. The molecule has 1 atom stereocenters. The Morgan fingerprint density at radius 2 is 2.20 bits per heavy atom. The lowest BCUT2D eigenvalue weighted by atomic mass is 10.4. The van der Waals surface area contributed by atoms with E-state index >= 15 is 0 Å². The summed E-state index contributed by atoms with van der Waals surface area (Å²) < 4.78 is 11.7.